The highest BCUT2D eigenvalue weighted by Crippen LogP contribution is 2.57. The molecule has 0 nitrogen and oxygen atoms in total. The largest absolute Gasteiger partial charge is 0.143 e. The molecule has 24 rings (SSSR count). The van der Waals surface area contributed by atoms with E-state index in [1.54, 1.807) is 0 Å². The number of fused-ring (bicyclic) bond motifs is 20. The molecule has 619 valence electrons. The van der Waals surface area contributed by atoms with Crippen LogP contribution in [0.3, 0.4) is 0 Å². The minimum Gasteiger partial charge on any atom is -0.143 e. The first-order valence-corrected chi connectivity index (χ1v) is 48.4. The van der Waals surface area contributed by atoms with Crippen LogP contribution in [0.15, 0.2) is 358 Å². The lowest BCUT2D eigenvalue weighted by atomic mass is 9.81. The Morgan fingerprint density at radius 3 is 1.09 bits per heavy atom. The van der Waals surface area contributed by atoms with Gasteiger partial charge in [0.05, 0.1) is 0 Å². The van der Waals surface area contributed by atoms with Crippen LogP contribution in [0.1, 0.15) is 81.5 Å². The quantitative estimate of drug-likeness (QED) is 0.0780. The molecule has 127 heavy (non-hydrogen) atoms. The summed E-state index contributed by atoms with van der Waals surface area (Å²) >= 11 is 45.1. The Morgan fingerprint density at radius 1 is 0.260 bits per heavy atom. The fraction of sp³-hybridized carbons (Fsp3) is 0.0957. The molecule has 4 aliphatic rings. The zero-order valence-corrected chi connectivity index (χ0v) is 81.6. The predicted molar refractivity (Wildman–Crippen MR) is 581 cm³/mol. The van der Waals surface area contributed by atoms with Crippen molar-refractivity contribution in [2.75, 3.05) is 0 Å². The summed E-state index contributed by atoms with van der Waals surface area (Å²) in [6, 6.07) is 115. The highest BCUT2D eigenvalue weighted by molar-refractivity contribution is 14.1. The number of thiol groups is 2. The van der Waals surface area contributed by atoms with Gasteiger partial charge in [0.25, 0.3) is 0 Å². The summed E-state index contributed by atoms with van der Waals surface area (Å²) in [5.41, 5.74) is 29.9. The van der Waals surface area contributed by atoms with Crippen molar-refractivity contribution < 1.29 is 0 Å². The molecule has 12 heteroatoms. The van der Waals surface area contributed by atoms with Crippen molar-refractivity contribution >= 4 is 249 Å². The molecule has 0 saturated heterocycles. The van der Waals surface area contributed by atoms with Gasteiger partial charge in [0.15, 0.2) is 0 Å². The third kappa shape index (κ3) is 15.4. The van der Waals surface area contributed by atoms with Gasteiger partial charge in [0.1, 0.15) is 0 Å². The van der Waals surface area contributed by atoms with E-state index >= 15 is 0 Å². The SMILES string of the molecule is C.C.Cc1cc(-c2ccc3c(c2)C(C)(C)c2ccccc2-3)cc2c1cc1c3c(cccc32)Sc2cc(-c3ccc4c(c3)C(C)(C)c3ccccc3-4)ccc2-1.Cc1cc(Cl)cc2c1cc(-c1ccc(Br)cc1S)c1ccccc12.Cc1cc(Cl)cc2c1cc1c3c(cccc32)Sc2cc(Br)ccc2-1.Sc1cc(Br)ccc1-c1cc2c(I)cc(Cl)cc2c2ccccc12.[B]. The van der Waals surface area contributed by atoms with Crippen LogP contribution in [0.25, 0.3) is 175 Å². The molecule has 3 radical (unpaired) electrons. The Bertz CT molecular complexity index is 7870. The highest BCUT2D eigenvalue weighted by atomic mass is 127. The minimum atomic E-state index is -0.0191. The van der Waals surface area contributed by atoms with Gasteiger partial charge in [-0.1, -0.05) is 331 Å². The van der Waals surface area contributed by atoms with Crippen LogP contribution in [0, 0.1) is 24.3 Å². The average Bonchev–Trinajstić information content (AvgIpc) is 1.71. The van der Waals surface area contributed by atoms with Gasteiger partial charge in [0, 0.05) is 91.4 Å². The van der Waals surface area contributed by atoms with Gasteiger partial charge in [-0.05, 0) is 380 Å². The van der Waals surface area contributed by atoms with E-state index in [9.17, 15) is 0 Å². The number of aryl methyl sites for hydroxylation is 3. The van der Waals surface area contributed by atoms with Gasteiger partial charge in [-0.25, -0.2) is 0 Å². The molecule has 20 aromatic carbocycles. The maximum atomic E-state index is 6.34. The van der Waals surface area contributed by atoms with Crippen LogP contribution in [0.4, 0.5) is 0 Å². The molecule has 20 aromatic rings. The monoisotopic (exact) mass is 2070 g/mol. The Balaban J connectivity index is 0.000000123. The molecule has 0 fully saturated rings. The van der Waals surface area contributed by atoms with Crippen molar-refractivity contribution in [3.05, 3.63) is 386 Å². The predicted octanol–water partition coefficient (Wildman–Crippen LogP) is 38.8. The second kappa shape index (κ2) is 34.7. The topological polar surface area (TPSA) is 0 Å². The molecule has 2 heterocycles. The van der Waals surface area contributed by atoms with Gasteiger partial charge in [-0.2, -0.15) is 0 Å². The van der Waals surface area contributed by atoms with E-state index in [1.807, 2.05) is 59.9 Å². The van der Waals surface area contributed by atoms with E-state index in [-0.39, 0.29) is 34.1 Å². The zero-order chi connectivity index (χ0) is 85.2. The summed E-state index contributed by atoms with van der Waals surface area (Å²) in [7, 11) is 0. The average molecular weight is 2080 g/mol. The van der Waals surface area contributed by atoms with E-state index in [4.69, 9.17) is 34.8 Å². The standard InChI is InChI=1S/C51H38S.C21H12BrClS.C21H14BrClS.C20H11BrClIS.2CH4.B/c1-29-23-33(31-18-21-37-35-12-7-9-15-44(35)51(4,5)46(37)26-31)24-41-39-13-10-16-47-49(39)42(28-40(29)41)38-22-19-32(27-48(38)52-47)30-17-20-36-34-11-6-8-14-43(34)50(2,3)45(36)25-30;1-11-7-13(23)9-17-15-3-2-4-19-21(15)18(10-16(11)17)14-6-5-12(22)8-20(14)24-19;1-12-8-14(23)10-19-15-4-2-3-5-16(15)20(11-18(12)19)17-7-6-13(22)9-21(17)24;21-11-5-6-15(20(24)7-11)17-10-18-16(8-12(22)9-19(18)23)13-3-1-2-4-14(13)17;;;/h6-28H,1-5H3;2-10H,1H3;2-11,24H,1H3;1-10,24H;2*1H4;. The van der Waals surface area contributed by atoms with E-state index < -0.39 is 0 Å². The lowest BCUT2D eigenvalue weighted by molar-refractivity contribution is 0.660. The van der Waals surface area contributed by atoms with Crippen molar-refractivity contribution in [3.8, 4) is 89.0 Å². The molecule has 0 N–H and O–H groups in total. The van der Waals surface area contributed by atoms with Crippen molar-refractivity contribution in [1.29, 1.82) is 0 Å². The summed E-state index contributed by atoms with van der Waals surface area (Å²) in [6.07, 6.45) is 0. The molecule has 0 amide bonds. The van der Waals surface area contributed by atoms with Crippen LogP contribution in [0.5, 0.6) is 0 Å². The van der Waals surface area contributed by atoms with Crippen LogP contribution < -0.4 is 0 Å². The smallest absolute Gasteiger partial charge is 0.0423 e. The number of hydrogen-bond acceptors (Lipinski definition) is 4. The minimum absolute atomic E-state index is 0. The Morgan fingerprint density at radius 2 is 0.606 bits per heavy atom. The lowest BCUT2D eigenvalue weighted by Crippen LogP contribution is -2.14. The lowest BCUT2D eigenvalue weighted by Gasteiger charge is -2.24. The van der Waals surface area contributed by atoms with Crippen LogP contribution in [0.2, 0.25) is 15.1 Å². The van der Waals surface area contributed by atoms with Crippen LogP contribution in [-0.4, -0.2) is 8.41 Å². The molecule has 0 aromatic heterocycles. The Kier molecular flexibility index (Phi) is 24.2. The second-order valence-electron chi connectivity index (χ2n) is 33.9. The van der Waals surface area contributed by atoms with Crippen molar-refractivity contribution in [1.82, 2.24) is 0 Å². The number of halogens is 7. The first kappa shape index (κ1) is 88.6. The summed E-state index contributed by atoms with van der Waals surface area (Å²) in [6.45, 7) is 16.0. The van der Waals surface area contributed by atoms with E-state index in [2.05, 4.69) is 423 Å². The van der Waals surface area contributed by atoms with E-state index in [1.165, 1.54) is 223 Å². The molecule has 0 spiro atoms. The number of rotatable bonds is 4. The Hall–Kier alpha value is -9.02. The normalized spacial score (nSPS) is 12.9. The Labute approximate surface area is 818 Å². The highest BCUT2D eigenvalue weighted by Gasteiger charge is 2.37. The van der Waals surface area contributed by atoms with E-state index in [0.717, 1.165) is 53.0 Å². The van der Waals surface area contributed by atoms with Gasteiger partial charge < -0.3 is 0 Å². The molecular formula is C115H83BBr3Cl3IS4. The fourth-order valence-corrected chi connectivity index (χ4v) is 26.2. The molecular weight excluding hydrogens is 1990 g/mol. The summed E-state index contributed by atoms with van der Waals surface area (Å²) in [4.78, 5) is 7.20. The van der Waals surface area contributed by atoms with Crippen LogP contribution >= 0.6 is 154 Å². The third-order valence-corrected chi connectivity index (χ3v) is 31.8. The molecule has 0 unspecified atom stereocenters. The number of benzene rings is 20. The second-order valence-corrected chi connectivity index (χ2v) is 42.2. The van der Waals surface area contributed by atoms with Crippen molar-refractivity contribution in [3.63, 3.8) is 0 Å². The van der Waals surface area contributed by atoms with Gasteiger partial charge in [-0.3, -0.25) is 0 Å². The van der Waals surface area contributed by atoms with Gasteiger partial charge >= 0.3 is 0 Å². The fourth-order valence-electron chi connectivity index (χ4n) is 19.8. The van der Waals surface area contributed by atoms with E-state index in [0.29, 0.717) is 0 Å². The molecule has 0 atom stereocenters. The summed E-state index contributed by atoms with van der Waals surface area (Å²) in [5, 5.41) is 22.5. The van der Waals surface area contributed by atoms with Gasteiger partial charge in [-0.15, -0.1) is 25.3 Å². The molecule has 0 saturated carbocycles. The number of hydrogen-bond donors (Lipinski definition) is 2. The van der Waals surface area contributed by atoms with Crippen LogP contribution in [-0.2, 0) is 10.8 Å². The molecule has 2 aliphatic carbocycles. The summed E-state index contributed by atoms with van der Waals surface area (Å²) in [5.74, 6) is 0. The maximum Gasteiger partial charge on any atom is 0.0423 e. The molecule has 2 aliphatic heterocycles. The third-order valence-electron chi connectivity index (χ3n) is 25.8. The van der Waals surface area contributed by atoms with Crippen molar-refractivity contribution in [2.24, 2.45) is 0 Å². The van der Waals surface area contributed by atoms with Gasteiger partial charge in [0.2, 0.25) is 0 Å². The maximum absolute atomic E-state index is 6.34. The first-order chi connectivity index (χ1) is 59.9. The first-order valence-electron chi connectivity index (χ1n) is 41.2. The molecule has 0 bridgehead atoms. The van der Waals surface area contributed by atoms with Crippen molar-refractivity contribution in [2.45, 2.75) is 104 Å². The zero-order valence-electron chi connectivity index (χ0n) is 69.0. The summed E-state index contributed by atoms with van der Waals surface area (Å²) < 4.78 is 4.33.